The summed E-state index contributed by atoms with van der Waals surface area (Å²) >= 11 is 0. The molecule has 0 aromatic heterocycles. The van der Waals surface area contributed by atoms with Gasteiger partial charge >= 0.3 is 6.18 Å². The molecule has 104 valence electrons. The van der Waals surface area contributed by atoms with Gasteiger partial charge in [0.1, 0.15) is 0 Å². The van der Waals surface area contributed by atoms with Crippen LogP contribution in [0, 0.1) is 11.3 Å². The number of amides is 1. The van der Waals surface area contributed by atoms with Crippen LogP contribution in [0.2, 0.25) is 0 Å². The van der Waals surface area contributed by atoms with Crippen molar-refractivity contribution in [2.75, 3.05) is 13.1 Å². The maximum absolute atomic E-state index is 13.1. The van der Waals surface area contributed by atoms with Crippen LogP contribution in [0.4, 0.5) is 13.2 Å². The molecule has 0 spiro atoms. The van der Waals surface area contributed by atoms with Crippen LogP contribution >= 0.6 is 0 Å². The number of nitrogens with one attached hydrogen (secondary N) is 2. The molecule has 1 saturated heterocycles. The molecule has 6 heteroatoms. The van der Waals surface area contributed by atoms with Crippen molar-refractivity contribution in [3.05, 3.63) is 0 Å². The normalized spacial score (nSPS) is 30.2. The fraction of sp³-hybridized carbons (Fsp3) is 0.917. The smallest absolute Gasteiger partial charge is 0.353 e. The lowest BCUT2D eigenvalue weighted by atomic mass is 9.85. The average molecular weight is 264 g/mol. The molecule has 2 fully saturated rings. The van der Waals surface area contributed by atoms with Gasteiger partial charge in [0.15, 0.2) is 5.41 Å². The van der Waals surface area contributed by atoms with Gasteiger partial charge in [0.2, 0.25) is 5.91 Å². The van der Waals surface area contributed by atoms with E-state index in [1.807, 2.05) is 0 Å². The molecule has 0 aromatic rings. The van der Waals surface area contributed by atoms with Gasteiger partial charge in [-0.15, -0.1) is 0 Å². The first kappa shape index (κ1) is 13.6. The minimum Gasteiger partial charge on any atom is -0.353 e. The Balaban J connectivity index is 1.99. The highest BCUT2D eigenvalue weighted by molar-refractivity contribution is 5.84. The molecule has 2 N–H and O–H groups in total. The third kappa shape index (κ3) is 2.63. The van der Waals surface area contributed by atoms with E-state index in [4.69, 9.17) is 0 Å². The maximum atomic E-state index is 13.1. The number of hydrogen-bond donors (Lipinski definition) is 2. The van der Waals surface area contributed by atoms with Gasteiger partial charge in [-0.1, -0.05) is 12.8 Å². The van der Waals surface area contributed by atoms with E-state index in [2.05, 4.69) is 10.6 Å². The number of hydrogen-bond acceptors (Lipinski definition) is 2. The van der Waals surface area contributed by atoms with Crippen LogP contribution in [0.25, 0.3) is 0 Å². The summed E-state index contributed by atoms with van der Waals surface area (Å²) in [6, 6.07) is -0.176. The monoisotopic (exact) mass is 264 g/mol. The van der Waals surface area contributed by atoms with Crippen molar-refractivity contribution >= 4 is 5.91 Å². The topological polar surface area (TPSA) is 41.1 Å². The molecule has 2 rings (SSSR count). The van der Waals surface area contributed by atoms with Crippen LogP contribution in [-0.4, -0.2) is 31.2 Å². The number of halogens is 3. The summed E-state index contributed by atoms with van der Waals surface area (Å²) in [5.74, 6) is -0.281. The second-order valence-corrected chi connectivity index (χ2v) is 5.56. The SMILES string of the molecule is CC(CC1CC1)NC(=O)C1(C(F)(F)F)CCNC1. The summed E-state index contributed by atoms with van der Waals surface area (Å²) in [6.45, 7) is 1.71. The third-order valence-electron chi connectivity index (χ3n) is 3.89. The summed E-state index contributed by atoms with van der Waals surface area (Å²) in [7, 11) is 0. The fourth-order valence-corrected chi connectivity index (χ4v) is 2.53. The maximum Gasteiger partial charge on any atom is 0.404 e. The van der Waals surface area contributed by atoms with E-state index < -0.39 is 17.5 Å². The van der Waals surface area contributed by atoms with Gasteiger partial charge in [0.25, 0.3) is 0 Å². The summed E-state index contributed by atoms with van der Waals surface area (Å²) in [4.78, 5) is 12.0. The van der Waals surface area contributed by atoms with Crippen molar-refractivity contribution in [2.45, 2.75) is 44.8 Å². The molecule has 2 aliphatic rings. The van der Waals surface area contributed by atoms with Gasteiger partial charge in [-0.2, -0.15) is 13.2 Å². The highest BCUT2D eigenvalue weighted by atomic mass is 19.4. The quantitative estimate of drug-likeness (QED) is 0.813. The Bertz CT molecular complexity index is 320. The minimum absolute atomic E-state index is 0.168. The lowest BCUT2D eigenvalue weighted by molar-refractivity contribution is -0.216. The molecular formula is C12H19F3N2O. The van der Waals surface area contributed by atoms with E-state index in [-0.39, 0.29) is 25.6 Å². The molecule has 1 aliphatic heterocycles. The zero-order chi connectivity index (χ0) is 13.4. The van der Waals surface area contributed by atoms with E-state index in [0.717, 1.165) is 19.3 Å². The van der Waals surface area contributed by atoms with Crippen molar-refractivity contribution in [2.24, 2.45) is 11.3 Å². The van der Waals surface area contributed by atoms with Crippen molar-refractivity contribution in [1.82, 2.24) is 10.6 Å². The molecule has 1 aliphatic carbocycles. The summed E-state index contributed by atoms with van der Waals surface area (Å²) < 4.78 is 39.3. The molecule has 1 heterocycles. The molecule has 18 heavy (non-hydrogen) atoms. The fourth-order valence-electron chi connectivity index (χ4n) is 2.53. The zero-order valence-corrected chi connectivity index (χ0v) is 10.4. The van der Waals surface area contributed by atoms with E-state index in [0.29, 0.717) is 5.92 Å². The van der Waals surface area contributed by atoms with Crippen LogP contribution in [0.15, 0.2) is 0 Å². The lowest BCUT2D eigenvalue weighted by Crippen LogP contribution is -2.54. The predicted octanol–water partition coefficient (Wildman–Crippen LogP) is 1.83. The Labute approximate surface area is 104 Å². The third-order valence-corrected chi connectivity index (χ3v) is 3.89. The Hall–Kier alpha value is -0.780. The minimum atomic E-state index is -4.49. The van der Waals surface area contributed by atoms with Crippen LogP contribution in [-0.2, 0) is 4.79 Å². The molecule has 1 saturated carbocycles. The van der Waals surface area contributed by atoms with E-state index in [1.54, 1.807) is 6.92 Å². The van der Waals surface area contributed by atoms with Crippen molar-refractivity contribution in [1.29, 1.82) is 0 Å². The second kappa shape index (κ2) is 4.72. The average Bonchev–Trinajstić information content (AvgIpc) is 2.91. The van der Waals surface area contributed by atoms with Gasteiger partial charge in [-0.25, -0.2) is 0 Å². The zero-order valence-electron chi connectivity index (χ0n) is 10.4. The highest BCUT2D eigenvalue weighted by Gasteiger charge is 2.61. The van der Waals surface area contributed by atoms with Crippen molar-refractivity contribution < 1.29 is 18.0 Å². The van der Waals surface area contributed by atoms with Crippen LogP contribution in [0.1, 0.15) is 32.6 Å². The molecule has 1 amide bonds. The number of alkyl halides is 3. The van der Waals surface area contributed by atoms with E-state index in [1.165, 1.54) is 0 Å². The Morgan fingerprint density at radius 3 is 2.61 bits per heavy atom. The van der Waals surface area contributed by atoms with Crippen molar-refractivity contribution in [3.8, 4) is 0 Å². The molecule has 2 unspecified atom stereocenters. The number of carbonyl (C=O) groups excluding carboxylic acids is 1. The first-order valence-electron chi connectivity index (χ1n) is 6.43. The second-order valence-electron chi connectivity index (χ2n) is 5.56. The molecule has 0 bridgehead atoms. The Morgan fingerprint density at radius 2 is 2.17 bits per heavy atom. The largest absolute Gasteiger partial charge is 0.404 e. The number of carbonyl (C=O) groups is 1. The summed E-state index contributed by atoms with van der Waals surface area (Å²) in [5, 5.41) is 5.19. The lowest BCUT2D eigenvalue weighted by Gasteiger charge is -2.30. The van der Waals surface area contributed by atoms with E-state index in [9.17, 15) is 18.0 Å². The predicted molar refractivity (Wildman–Crippen MR) is 60.9 cm³/mol. The molecule has 0 aromatic carbocycles. The van der Waals surface area contributed by atoms with E-state index >= 15 is 0 Å². The summed E-state index contributed by atoms with van der Waals surface area (Å²) in [5.41, 5.74) is -2.23. The van der Waals surface area contributed by atoms with Crippen LogP contribution in [0.3, 0.4) is 0 Å². The first-order valence-corrected chi connectivity index (χ1v) is 6.43. The Morgan fingerprint density at radius 1 is 1.50 bits per heavy atom. The first-order chi connectivity index (χ1) is 8.35. The van der Waals surface area contributed by atoms with Gasteiger partial charge in [0, 0.05) is 12.6 Å². The van der Waals surface area contributed by atoms with Gasteiger partial charge in [0.05, 0.1) is 0 Å². The van der Waals surface area contributed by atoms with Gasteiger partial charge in [-0.3, -0.25) is 4.79 Å². The van der Waals surface area contributed by atoms with Crippen LogP contribution in [0.5, 0.6) is 0 Å². The van der Waals surface area contributed by atoms with Gasteiger partial charge < -0.3 is 10.6 Å². The molecule has 2 atom stereocenters. The highest BCUT2D eigenvalue weighted by Crippen LogP contribution is 2.43. The van der Waals surface area contributed by atoms with Crippen molar-refractivity contribution in [3.63, 3.8) is 0 Å². The Kier molecular flexibility index (Phi) is 3.58. The molecular weight excluding hydrogens is 245 g/mol. The van der Waals surface area contributed by atoms with Gasteiger partial charge in [-0.05, 0) is 32.2 Å². The standard InChI is InChI=1S/C12H19F3N2O/c1-8(6-9-2-3-9)17-10(18)11(12(13,14)15)4-5-16-7-11/h8-9,16H,2-7H2,1H3,(H,17,18). The molecule has 3 nitrogen and oxygen atoms in total. The molecule has 0 radical (unpaired) electrons. The summed E-state index contributed by atoms with van der Waals surface area (Å²) in [6.07, 6.45) is -1.61. The number of rotatable bonds is 4. The van der Waals surface area contributed by atoms with Crippen LogP contribution < -0.4 is 10.6 Å².